The van der Waals surface area contributed by atoms with Gasteiger partial charge in [0.15, 0.2) is 11.6 Å². The quantitative estimate of drug-likeness (QED) is 0.698. The summed E-state index contributed by atoms with van der Waals surface area (Å²) in [5.74, 6) is 0.0102. The van der Waals surface area contributed by atoms with Crippen LogP contribution in [0.25, 0.3) is 0 Å². The molecule has 0 fully saturated rings. The second-order valence-electron chi connectivity index (χ2n) is 3.40. The highest BCUT2D eigenvalue weighted by molar-refractivity contribution is 5.52. The SMILES string of the molecule is CCC(CC=O)c1ccc(F)c(OC)c1. The van der Waals surface area contributed by atoms with E-state index in [9.17, 15) is 9.18 Å². The van der Waals surface area contributed by atoms with Crippen LogP contribution in [0.15, 0.2) is 18.2 Å². The number of aldehydes is 1. The first-order valence-corrected chi connectivity index (χ1v) is 5.00. The molecule has 0 spiro atoms. The van der Waals surface area contributed by atoms with E-state index in [0.29, 0.717) is 6.42 Å². The summed E-state index contributed by atoms with van der Waals surface area (Å²) >= 11 is 0. The number of hydrogen-bond donors (Lipinski definition) is 0. The topological polar surface area (TPSA) is 26.3 Å². The maximum Gasteiger partial charge on any atom is 0.165 e. The van der Waals surface area contributed by atoms with Crippen molar-refractivity contribution in [2.24, 2.45) is 0 Å². The summed E-state index contributed by atoms with van der Waals surface area (Å²) < 4.78 is 18.0. The van der Waals surface area contributed by atoms with E-state index in [1.165, 1.54) is 13.2 Å². The average Bonchev–Trinajstić information content (AvgIpc) is 2.27. The lowest BCUT2D eigenvalue weighted by Gasteiger charge is -2.13. The van der Waals surface area contributed by atoms with Crippen LogP contribution >= 0.6 is 0 Å². The number of methoxy groups -OCH3 is 1. The number of carbonyl (C=O) groups excluding carboxylic acids is 1. The Bertz CT molecular complexity index is 336. The molecule has 0 aliphatic carbocycles. The molecule has 0 heterocycles. The lowest BCUT2D eigenvalue weighted by molar-refractivity contribution is -0.108. The Morgan fingerprint density at radius 1 is 1.53 bits per heavy atom. The molecule has 0 radical (unpaired) electrons. The standard InChI is InChI=1S/C12H15FO2/c1-3-9(6-7-14)10-4-5-11(13)12(8-10)15-2/h4-5,7-9H,3,6H2,1-2H3. The molecule has 0 saturated carbocycles. The zero-order valence-corrected chi connectivity index (χ0v) is 9.00. The Hall–Kier alpha value is -1.38. The van der Waals surface area contributed by atoms with Gasteiger partial charge in [-0.25, -0.2) is 4.39 Å². The Morgan fingerprint density at radius 2 is 2.27 bits per heavy atom. The molecule has 1 rings (SSSR count). The van der Waals surface area contributed by atoms with Gasteiger partial charge in [0.2, 0.25) is 0 Å². The molecule has 3 heteroatoms. The number of hydrogen-bond acceptors (Lipinski definition) is 2. The third-order valence-electron chi connectivity index (χ3n) is 2.52. The summed E-state index contributed by atoms with van der Waals surface area (Å²) in [5, 5.41) is 0. The molecular weight excluding hydrogens is 195 g/mol. The van der Waals surface area contributed by atoms with Crippen LogP contribution in [-0.2, 0) is 4.79 Å². The normalized spacial score (nSPS) is 12.2. The van der Waals surface area contributed by atoms with Crippen LogP contribution in [0.1, 0.15) is 31.2 Å². The van der Waals surface area contributed by atoms with E-state index in [2.05, 4.69) is 0 Å². The first kappa shape index (κ1) is 11.7. The Labute approximate surface area is 89.1 Å². The lowest BCUT2D eigenvalue weighted by Crippen LogP contribution is -1.99. The molecule has 15 heavy (non-hydrogen) atoms. The summed E-state index contributed by atoms with van der Waals surface area (Å²) in [6, 6.07) is 4.74. The zero-order chi connectivity index (χ0) is 11.3. The van der Waals surface area contributed by atoms with Crippen molar-refractivity contribution in [2.75, 3.05) is 7.11 Å². The Morgan fingerprint density at radius 3 is 2.80 bits per heavy atom. The fourth-order valence-electron chi connectivity index (χ4n) is 1.58. The fraction of sp³-hybridized carbons (Fsp3) is 0.417. The van der Waals surface area contributed by atoms with Crippen molar-refractivity contribution in [3.05, 3.63) is 29.6 Å². The fourth-order valence-corrected chi connectivity index (χ4v) is 1.58. The first-order chi connectivity index (χ1) is 7.22. The van der Waals surface area contributed by atoms with Crippen molar-refractivity contribution >= 4 is 6.29 Å². The molecule has 0 amide bonds. The lowest BCUT2D eigenvalue weighted by atomic mass is 9.94. The average molecular weight is 210 g/mol. The van der Waals surface area contributed by atoms with Gasteiger partial charge in [-0.15, -0.1) is 0 Å². The van der Waals surface area contributed by atoms with E-state index in [0.717, 1.165) is 18.3 Å². The second-order valence-corrected chi connectivity index (χ2v) is 3.40. The van der Waals surface area contributed by atoms with Crippen molar-refractivity contribution in [1.29, 1.82) is 0 Å². The molecule has 1 atom stereocenters. The molecule has 0 aromatic heterocycles. The van der Waals surface area contributed by atoms with Crippen LogP contribution in [0.2, 0.25) is 0 Å². The van der Waals surface area contributed by atoms with E-state index >= 15 is 0 Å². The highest BCUT2D eigenvalue weighted by Gasteiger charge is 2.11. The molecule has 0 aliphatic heterocycles. The first-order valence-electron chi connectivity index (χ1n) is 5.00. The van der Waals surface area contributed by atoms with Crippen molar-refractivity contribution < 1.29 is 13.9 Å². The molecular formula is C12H15FO2. The summed E-state index contributed by atoms with van der Waals surface area (Å²) in [7, 11) is 1.43. The molecule has 1 aromatic carbocycles. The maximum absolute atomic E-state index is 13.1. The zero-order valence-electron chi connectivity index (χ0n) is 9.00. The van der Waals surface area contributed by atoms with Crippen LogP contribution in [0.3, 0.4) is 0 Å². The molecule has 0 bridgehead atoms. The van der Waals surface area contributed by atoms with Crippen LogP contribution in [0, 0.1) is 5.82 Å². The van der Waals surface area contributed by atoms with Gasteiger partial charge in [0, 0.05) is 6.42 Å². The monoisotopic (exact) mass is 210 g/mol. The highest BCUT2D eigenvalue weighted by Crippen LogP contribution is 2.27. The molecule has 2 nitrogen and oxygen atoms in total. The predicted molar refractivity (Wildman–Crippen MR) is 56.7 cm³/mol. The molecule has 1 aromatic rings. The maximum atomic E-state index is 13.1. The molecule has 0 saturated heterocycles. The second kappa shape index (κ2) is 5.49. The minimum Gasteiger partial charge on any atom is -0.494 e. The van der Waals surface area contributed by atoms with E-state index < -0.39 is 0 Å². The number of rotatable bonds is 5. The van der Waals surface area contributed by atoms with Gasteiger partial charge < -0.3 is 9.53 Å². The Kier molecular flexibility index (Phi) is 4.28. The smallest absolute Gasteiger partial charge is 0.165 e. The Balaban J connectivity index is 2.97. The van der Waals surface area contributed by atoms with E-state index in [4.69, 9.17) is 4.74 Å². The van der Waals surface area contributed by atoms with Gasteiger partial charge in [0.1, 0.15) is 6.29 Å². The number of benzene rings is 1. The van der Waals surface area contributed by atoms with Gasteiger partial charge in [-0.05, 0) is 30.0 Å². The summed E-state index contributed by atoms with van der Waals surface area (Å²) in [5.41, 5.74) is 0.947. The summed E-state index contributed by atoms with van der Waals surface area (Å²) in [6.45, 7) is 2.00. The summed E-state index contributed by atoms with van der Waals surface area (Å²) in [6.07, 6.45) is 2.21. The van der Waals surface area contributed by atoms with E-state index in [1.807, 2.05) is 6.92 Å². The van der Waals surface area contributed by atoms with Crippen LogP contribution in [-0.4, -0.2) is 13.4 Å². The highest BCUT2D eigenvalue weighted by atomic mass is 19.1. The van der Waals surface area contributed by atoms with E-state index in [-0.39, 0.29) is 17.5 Å². The predicted octanol–water partition coefficient (Wildman–Crippen LogP) is 2.92. The minimum absolute atomic E-state index is 0.150. The van der Waals surface area contributed by atoms with Gasteiger partial charge >= 0.3 is 0 Å². The van der Waals surface area contributed by atoms with Crippen LogP contribution < -0.4 is 4.74 Å². The van der Waals surface area contributed by atoms with Gasteiger partial charge in [-0.1, -0.05) is 13.0 Å². The van der Waals surface area contributed by atoms with Gasteiger partial charge in [0.25, 0.3) is 0 Å². The minimum atomic E-state index is -0.373. The third kappa shape index (κ3) is 2.78. The van der Waals surface area contributed by atoms with Gasteiger partial charge in [0.05, 0.1) is 7.11 Å². The molecule has 0 aliphatic rings. The molecule has 82 valence electrons. The van der Waals surface area contributed by atoms with Crippen molar-refractivity contribution in [1.82, 2.24) is 0 Å². The van der Waals surface area contributed by atoms with Crippen LogP contribution in [0.5, 0.6) is 5.75 Å². The van der Waals surface area contributed by atoms with Gasteiger partial charge in [-0.2, -0.15) is 0 Å². The van der Waals surface area contributed by atoms with Crippen molar-refractivity contribution in [3.63, 3.8) is 0 Å². The van der Waals surface area contributed by atoms with Crippen molar-refractivity contribution in [2.45, 2.75) is 25.7 Å². The van der Waals surface area contributed by atoms with E-state index in [1.54, 1.807) is 12.1 Å². The number of carbonyl (C=O) groups is 1. The van der Waals surface area contributed by atoms with Gasteiger partial charge in [-0.3, -0.25) is 0 Å². The molecule has 1 unspecified atom stereocenters. The summed E-state index contributed by atoms with van der Waals surface area (Å²) in [4.78, 5) is 10.5. The third-order valence-corrected chi connectivity index (χ3v) is 2.52. The van der Waals surface area contributed by atoms with Crippen molar-refractivity contribution in [3.8, 4) is 5.75 Å². The largest absolute Gasteiger partial charge is 0.494 e. The molecule has 0 N–H and O–H groups in total. The van der Waals surface area contributed by atoms with Crippen LogP contribution in [0.4, 0.5) is 4.39 Å². The number of ether oxygens (including phenoxy) is 1. The number of halogens is 1.